The Hall–Kier alpha value is -2.13. The van der Waals surface area contributed by atoms with Gasteiger partial charge < -0.3 is 49.6 Å². The molecule has 5 N–H and O–H groups in total. The van der Waals surface area contributed by atoms with Gasteiger partial charge in [0.05, 0.1) is 53.2 Å². The maximum Gasteiger partial charge on any atom is 0.315 e. The van der Waals surface area contributed by atoms with Crippen LogP contribution in [0, 0.1) is 40.9 Å². The summed E-state index contributed by atoms with van der Waals surface area (Å²) < 4.78 is 34.7. The van der Waals surface area contributed by atoms with Crippen LogP contribution in [-0.4, -0.2) is 105 Å². The molecule has 2 amide bonds. The standard InChI is InChI=1S/C46H76N2O11/c1-12-31(39(51)52)33-17-16-27(6)44(56-33)25-41(44,10)38(50)29(8)36(49)32(13-2)37-26(5)24-28(7)45(57-37)21-18-34(48-40(53)47-15-4)46(59-45)23-22-42(11,58-46)35-19-20-43(54,14-3)30(9)55-35/h18,21,26-35,37-38,50,54H,12-17,19-20,22-25H2,1-11H3,(H,51,52)(H2,47,48,53)/t26-,27-,28+,29+,30-,31+,32?,33+,34?,35+,37-,38+,41?,42-,43+,44+,45-,46-/m0/s1. The van der Waals surface area contributed by atoms with Gasteiger partial charge in [0.15, 0.2) is 11.6 Å². The molecule has 0 radical (unpaired) electrons. The number of hydrogen-bond acceptors (Lipinski definition) is 10. The van der Waals surface area contributed by atoms with E-state index >= 15 is 0 Å². The van der Waals surface area contributed by atoms with Crippen molar-refractivity contribution in [2.24, 2.45) is 40.9 Å². The number of Topliss-reactive ketones (excluding diaryl/α,β-unsaturated/α-hetero) is 1. The zero-order valence-corrected chi connectivity index (χ0v) is 37.7. The van der Waals surface area contributed by atoms with Crippen LogP contribution in [0.5, 0.6) is 0 Å². The van der Waals surface area contributed by atoms with E-state index in [-0.39, 0.29) is 41.8 Å². The Balaban J connectivity index is 1.24. The molecule has 6 rings (SSSR count). The first-order chi connectivity index (χ1) is 27.6. The molecule has 0 bridgehead atoms. The van der Waals surface area contributed by atoms with Crippen LogP contribution in [0.25, 0.3) is 0 Å². The smallest absolute Gasteiger partial charge is 0.315 e. The van der Waals surface area contributed by atoms with Crippen LogP contribution in [-0.2, 0) is 33.3 Å². The first kappa shape index (κ1) is 46.4. The zero-order valence-electron chi connectivity index (χ0n) is 37.7. The lowest BCUT2D eigenvalue weighted by molar-refractivity contribution is -0.397. The second-order valence-corrected chi connectivity index (χ2v) is 20.0. The van der Waals surface area contributed by atoms with Crippen molar-refractivity contribution in [1.29, 1.82) is 0 Å². The van der Waals surface area contributed by atoms with Crippen molar-refractivity contribution in [2.75, 3.05) is 6.54 Å². The molecule has 13 nitrogen and oxygen atoms in total. The molecule has 5 heterocycles. The SMILES string of the molecule is CCNC(=O)NC1C=C[C@]2(O[C@H](C(CC)C(=O)[C@@H](C)[C@@H](O)C3(C)C[C@]34O[C@@H]([C@@H](CC)C(=O)O)CC[C@@H]4C)[C@@H](C)C[C@H]2C)O[C@@]12CC[C@@](C)([C@H]1CC[C@](O)(CC)[C@H](C)O1)O2. The summed E-state index contributed by atoms with van der Waals surface area (Å²) >= 11 is 0. The van der Waals surface area contributed by atoms with Gasteiger partial charge in [-0.25, -0.2) is 4.79 Å². The summed E-state index contributed by atoms with van der Waals surface area (Å²) in [6, 6.07) is -0.995. The van der Waals surface area contributed by atoms with Crippen molar-refractivity contribution in [2.45, 2.75) is 212 Å². The van der Waals surface area contributed by atoms with Gasteiger partial charge in [0, 0.05) is 36.1 Å². The lowest BCUT2D eigenvalue weighted by Gasteiger charge is -2.55. The highest BCUT2D eigenvalue weighted by atomic mass is 16.8. The number of rotatable bonds is 13. The molecule has 0 aromatic carbocycles. The summed E-state index contributed by atoms with van der Waals surface area (Å²) in [5.74, 6) is -5.45. The number of ether oxygens (including phenoxy) is 5. The number of ketones is 1. The number of amides is 2. The van der Waals surface area contributed by atoms with Gasteiger partial charge in [-0.3, -0.25) is 9.59 Å². The fraction of sp³-hybridized carbons (Fsp3) is 0.891. The highest BCUT2D eigenvalue weighted by Crippen LogP contribution is 2.68. The molecule has 18 atom stereocenters. The fourth-order valence-corrected chi connectivity index (χ4v) is 12.1. The van der Waals surface area contributed by atoms with Crippen LogP contribution >= 0.6 is 0 Å². The number of carbonyl (C=O) groups excluding carboxylic acids is 2. The second-order valence-electron chi connectivity index (χ2n) is 20.0. The number of carboxylic acid groups (broad SMARTS) is 1. The quantitative estimate of drug-likeness (QED) is 0.125. The van der Waals surface area contributed by atoms with E-state index in [4.69, 9.17) is 23.7 Å². The van der Waals surface area contributed by atoms with Crippen LogP contribution in [0.15, 0.2) is 12.2 Å². The minimum absolute atomic E-state index is 0.00971. The highest BCUT2D eigenvalue weighted by Gasteiger charge is 2.74. The Labute approximate surface area is 352 Å². The van der Waals surface area contributed by atoms with Crippen molar-refractivity contribution in [3.63, 3.8) is 0 Å². The van der Waals surface area contributed by atoms with E-state index in [0.717, 1.165) is 6.42 Å². The molecular weight excluding hydrogens is 757 g/mol. The molecule has 5 aliphatic heterocycles. The third-order valence-electron chi connectivity index (χ3n) is 16.4. The number of hydrogen-bond donors (Lipinski definition) is 5. The molecule has 3 spiro atoms. The van der Waals surface area contributed by atoms with Crippen LogP contribution < -0.4 is 10.6 Å². The van der Waals surface area contributed by atoms with Crippen molar-refractivity contribution in [3.05, 3.63) is 12.2 Å². The fourth-order valence-electron chi connectivity index (χ4n) is 12.1. The van der Waals surface area contributed by atoms with Gasteiger partial charge in [0.2, 0.25) is 0 Å². The maximum absolute atomic E-state index is 14.8. The number of carboxylic acids is 1. The first-order valence-electron chi connectivity index (χ1n) is 23.0. The Kier molecular flexibility index (Phi) is 13.3. The van der Waals surface area contributed by atoms with Gasteiger partial charge in [-0.2, -0.15) is 0 Å². The van der Waals surface area contributed by atoms with Gasteiger partial charge in [-0.15, -0.1) is 0 Å². The van der Waals surface area contributed by atoms with Gasteiger partial charge in [0.25, 0.3) is 0 Å². The third kappa shape index (κ3) is 7.94. The Morgan fingerprint density at radius 1 is 0.898 bits per heavy atom. The number of aliphatic carboxylic acids is 1. The second kappa shape index (κ2) is 16.9. The first-order valence-corrected chi connectivity index (χ1v) is 23.0. The van der Waals surface area contributed by atoms with E-state index in [1.165, 1.54) is 0 Å². The molecule has 0 aromatic rings. The number of aliphatic hydroxyl groups is 2. The summed E-state index contributed by atoms with van der Waals surface area (Å²) in [6.45, 7) is 22.2. The number of carbonyl (C=O) groups is 3. The van der Waals surface area contributed by atoms with Crippen LogP contribution in [0.3, 0.4) is 0 Å². The molecule has 6 aliphatic rings. The average molecular weight is 833 g/mol. The van der Waals surface area contributed by atoms with Crippen molar-refractivity contribution in [3.8, 4) is 0 Å². The lowest BCUT2D eigenvalue weighted by Crippen LogP contribution is -2.66. The van der Waals surface area contributed by atoms with E-state index in [9.17, 15) is 29.7 Å². The normalized spacial score (nSPS) is 46.5. The number of aliphatic hydroxyl groups excluding tert-OH is 1. The topological polar surface area (TPSA) is 182 Å². The van der Waals surface area contributed by atoms with Crippen molar-refractivity contribution >= 4 is 17.8 Å². The summed E-state index contributed by atoms with van der Waals surface area (Å²) in [7, 11) is 0. The van der Waals surface area contributed by atoms with Gasteiger partial charge in [-0.05, 0) is 103 Å². The van der Waals surface area contributed by atoms with Crippen molar-refractivity contribution < 1.29 is 53.4 Å². The maximum atomic E-state index is 14.8. The molecular formula is C46H76N2O11. The van der Waals surface area contributed by atoms with E-state index < -0.39 is 81.9 Å². The van der Waals surface area contributed by atoms with Crippen LogP contribution in [0.4, 0.5) is 4.79 Å². The minimum Gasteiger partial charge on any atom is -0.481 e. The summed E-state index contributed by atoms with van der Waals surface area (Å²) in [4.78, 5) is 39.9. The minimum atomic E-state index is -1.31. The Bertz CT molecular complexity index is 1590. The molecule has 4 saturated heterocycles. The van der Waals surface area contributed by atoms with Gasteiger partial charge >= 0.3 is 12.0 Å². The summed E-state index contributed by atoms with van der Waals surface area (Å²) in [6.07, 6.45) is 7.66. The van der Waals surface area contributed by atoms with E-state index in [1.54, 1.807) is 0 Å². The Morgan fingerprint density at radius 3 is 2.20 bits per heavy atom. The monoisotopic (exact) mass is 833 g/mol. The highest BCUT2D eigenvalue weighted by molar-refractivity contribution is 5.84. The van der Waals surface area contributed by atoms with E-state index in [1.807, 2.05) is 67.5 Å². The third-order valence-corrected chi connectivity index (χ3v) is 16.4. The lowest BCUT2D eigenvalue weighted by atomic mass is 9.72. The molecule has 1 aliphatic carbocycles. The molecule has 5 fully saturated rings. The molecule has 13 heteroatoms. The molecule has 59 heavy (non-hydrogen) atoms. The Morgan fingerprint density at radius 2 is 1.59 bits per heavy atom. The number of nitrogens with one attached hydrogen (secondary N) is 2. The summed E-state index contributed by atoms with van der Waals surface area (Å²) in [5.41, 5.74) is -3.08. The van der Waals surface area contributed by atoms with Gasteiger partial charge in [-0.1, -0.05) is 61.5 Å². The van der Waals surface area contributed by atoms with Gasteiger partial charge in [0.1, 0.15) is 11.8 Å². The molecule has 3 unspecified atom stereocenters. The predicted molar refractivity (Wildman–Crippen MR) is 221 cm³/mol. The largest absolute Gasteiger partial charge is 0.481 e. The number of urea groups is 1. The molecule has 0 aromatic heterocycles. The van der Waals surface area contributed by atoms with E-state index in [0.29, 0.717) is 70.8 Å². The summed E-state index contributed by atoms with van der Waals surface area (Å²) in [5, 5.41) is 39.1. The average Bonchev–Trinajstić information content (AvgIpc) is 3.65. The van der Waals surface area contributed by atoms with Crippen LogP contribution in [0.1, 0.15) is 147 Å². The van der Waals surface area contributed by atoms with Crippen molar-refractivity contribution in [1.82, 2.24) is 10.6 Å². The molecule has 1 saturated carbocycles. The zero-order chi connectivity index (χ0) is 43.5. The predicted octanol–water partition coefficient (Wildman–Crippen LogP) is 6.66. The van der Waals surface area contributed by atoms with Crippen LogP contribution in [0.2, 0.25) is 0 Å². The van der Waals surface area contributed by atoms with E-state index in [2.05, 4.69) is 31.4 Å². The molecule has 336 valence electrons.